The van der Waals surface area contributed by atoms with Crippen LogP contribution in [0.2, 0.25) is 0 Å². The van der Waals surface area contributed by atoms with Crippen LogP contribution < -0.4 is 10.3 Å². The van der Waals surface area contributed by atoms with Gasteiger partial charge < -0.3 is 9.47 Å². The monoisotopic (exact) mass is 390 g/mol. The number of aromatic nitrogens is 2. The van der Waals surface area contributed by atoms with Crippen molar-refractivity contribution in [2.45, 2.75) is 18.6 Å². The predicted octanol–water partition coefficient (Wildman–Crippen LogP) is 3.17. The van der Waals surface area contributed by atoms with Crippen LogP contribution in [0.15, 0.2) is 45.7 Å². The van der Waals surface area contributed by atoms with E-state index in [1.165, 1.54) is 23.1 Å². The molecule has 0 unspecified atom stereocenters. The maximum Gasteiger partial charge on any atom is 0.316 e. The van der Waals surface area contributed by atoms with Crippen molar-refractivity contribution >= 4 is 39.3 Å². The third kappa shape index (κ3) is 4.08. The fraction of sp³-hybridized carbons (Fsp3) is 0.278. The van der Waals surface area contributed by atoms with E-state index < -0.39 is 0 Å². The van der Waals surface area contributed by atoms with Crippen molar-refractivity contribution in [1.29, 1.82) is 0 Å². The molecule has 26 heavy (non-hydrogen) atoms. The van der Waals surface area contributed by atoms with Crippen LogP contribution in [-0.4, -0.2) is 35.0 Å². The van der Waals surface area contributed by atoms with Crippen LogP contribution in [-0.2, 0) is 16.1 Å². The number of thioether (sulfide) groups is 1. The zero-order valence-electron chi connectivity index (χ0n) is 14.4. The normalized spacial score (nSPS) is 10.8. The number of benzene rings is 1. The lowest BCUT2D eigenvalue weighted by Crippen LogP contribution is -2.23. The Labute approximate surface area is 158 Å². The van der Waals surface area contributed by atoms with E-state index >= 15 is 0 Å². The van der Waals surface area contributed by atoms with Crippen LogP contribution in [0.3, 0.4) is 0 Å². The van der Waals surface area contributed by atoms with Gasteiger partial charge in [0, 0.05) is 0 Å². The fourth-order valence-corrected chi connectivity index (χ4v) is 3.99. The molecule has 136 valence electrons. The Morgan fingerprint density at radius 2 is 2.04 bits per heavy atom. The van der Waals surface area contributed by atoms with Gasteiger partial charge in [-0.2, -0.15) is 0 Å². The topological polar surface area (TPSA) is 70.4 Å². The van der Waals surface area contributed by atoms with Gasteiger partial charge in [0.15, 0.2) is 5.16 Å². The fourth-order valence-electron chi connectivity index (χ4n) is 2.41. The third-order valence-electron chi connectivity index (χ3n) is 3.66. The molecule has 3 rings (SSSR count). The summed E-state index contributed by atoms with van der Waals surface area (Å²) < 4.78 is 12.3. The highest BCUT2D eigenvalue weighted by molar-refractivity contribution is 7.99. The zero-order chi connectivity index (χ0) is 18.5. The quantitative estimate of drug-likeness (QED) is 0.351. The number of hydrogen-bond acceptors (Lipinski definition) is 7. The van der Waals surface area contributed by atoms with Gasteiger partial charge in [0.05, 0.1) is 31.5 Å². The number of nitrogens with zero attached hydrogens (tertiary/aromatic N) is 2. The molecule has 0 aliphatic heterocycles. The first-order valence-electron chi connectivity index (χ1n) is 8.01. The molecular weight excluding hydrogens is 372 g/mol. The Morgan fingerprint density at radius 3 is 2.73 bits per heavy atom. The number of esters is 1. The second kappa shape index (κ2) is 8.37. The Kier molecular flexibility index (Phi) is 5.95. The van der Waals surface area contributed by atoms with Crippen LogP contribution >= 0.6 is 23.1 Å². The largest absolute Gasteiger partial charge is 0.497 e. The average Bonchev–Trinajstić information content (AvgIpc) is 3.12. The van der Waals surface area contributed by atoms with Crippen molar-refractivity contribution in [3.63, 3.8) is 0 Å². The summed E-state index contributed by atoms with van der Waals surface area (Å²) in [5.41, 5.74) is 1.49. The molecule has 0 fully saturated rings. The van der Waals surface area contributed by atoms with Crippen LogP contribution in [0.5, 0.6) is 5.75 Å². The molecule has 0 saturated heterocycles. The standard InChI is InChI=1S/C18H18N2O4S2/c1-3-24-15(21)11-26-18-19-14-8-9-25-16(14)17(22)20(18)10-12-4-6-13(23-2)7-5-12/h4-9H,3,10-11H2,1-2H3. The summed E-state index contributed by atoms with van der Waals surface area (Å²) in [7, 11) is 1.61. The Hall–Kier alpha value is -2.32. The minimum absolute atomic E-state index is 0.104. The summed E-state index contributed by atoms with van der Waals surface area (Å²) in [5, 5.41) is 2.35. The van der Waals surface area contributed by atoms with Crippen LogP contribution in [0.25, 0.3) is 10.2 Å². The number of thiophene rings is 1. The first-order valence-corrected chi connectivity index (χ1v) is 9.88. The zero-order valence-corrected chi connectivity index (χ0v) is 16.1. The second-order valence-corrected chi connectivity index (χ2v) is 7.22. The van der Waals surface area contributed by atoms with E-state index in [-0.39, 0.29) is 17.3 Å². The van der Waals surface area contributed by atoms with Crippen molar-refractivity contribution in [1.82, 2.24) is 9.55 Å². The number of carbonyl (C=O) groups is 1. The first kappa shape index (κ1) is 18.5. The van der Waals surface area contributed by atoms with Gasteiger partial charge in [-0.15, -0.1) is 11.3 Å². The van der Waals surface area contributed by atoms with Gasteiger partial charge in [0.2, 0.25) is 0 Å². The molecule has 0 aliphatic rings. The Morgan fingerprint density at radius 1 is 1.27 bits per heavy atom. The van der Waals surface area contributed by atoms with E-state index in [1.807, 2.05) is 35.7 Å². The summed E-state index contributed by atoms with van der Waals surface area (Å²) >= 11 is 2.58. The van der Waals surface area contributed by atoms with Crippen molar-refractivity contribution in [3.05, 3.63) is 51.6 Å². The third-order valence-corrected chi connectivity index (χ3v) is 5.50. The van der Waals surface area contributed by atoms with Gasteiger partial charge in [-0.1, -0.05) is 23.9 Å². The van der Waals surface area contributed by atoms with E-state index in [4.69, 9.17) is 9.47 Å². The molecular formula is C18H18N2O4S2. The number of methoxy groups -OCH3 is 1. The molecule has 0 aliphatic carbocycles. The molecule has 0 amide bonds. The first-order chi connectivity index (χ1) is 12.6. The smallest absolute Gasteiger partial charge is 0.316 e. The highest BCUT2D eigenvalue weighted by atomic mass is 32.2. The second-order valence-electron chi connectivity index (χ2n) is 5.36. The lowest BCUT2D eigenvalue weighted by Gasteiger charge is -2.12. The van der Waals surface area contributed by atoms with Gasteiger partial charge in [-0.25, -0.2) is 4.98 Å². The van der Waals surface area contributed by atoms with Crippen molar-refractivity contribution in [3.8, 4) is 5.75 Å². The minimum atomic E-state index is -0.326. The summed E-state index contributed by atoms with van der Waals surface area (Å²) in [6.07, 6.45) is 0. The van der Waals surface area contributed by atoms with Gasteiger partial charge in [-0.05, 0) is 36.1 Å². The van der Waals surface area contributed by atoms with E-state index in [0.29, 0.717) is 28.5 Å². The van der Waals surface area contributed by atoms with Crippen LogP contribution in [0.1, 0.15) is 12.5 Å². The van der Waals surface area contributed by atoms with E-state index in [2.05, 4.69) is 4.98 Å². The molecule has 3 aromatic rings. The van der Waals surface area contributed by atoms with Gasteiger partial charge in [0.25, 0.3) is 5.56 Å². The highest BCUT2D eigenvalue weighted by Gasteiger charge is 2.15. The lowest BCUT2D eigenvalue weighted by molar-refractivity contribution is -0.139. The summed E-state index contributed by atoms with van der Waals surface area (Å²) in [6, 6.07) is 9.33. The maximum atomic E-state index is 12.9. The number of carbonyl (C=O) groups excluding carboxylic acids is 1. The van der Waals surface area contributed by atoms with Crippen LogP contribution in [0.4, 0.5) is 0 Å². The molecule has 0 atom stereocenters. The Balaban J connectivity index is 1.94. The summed E-state index contributed by atoms with van der Waals surface area (Å²) in [4.78, 5) is 29.1. The molecule has 2 aromatic heterocycles. The van der Waals surface area contributed by atoms with Crippen molar-refractivity contribution in [2.24, 2.45) is 0 Å². The highest BCUT2D eigenvalue weighted by Crippen LogP contribution is 2.22. The molecule has 0 spiro atoms. The molecule has 0 saturated carbocycles. The number of ether oxygens (including phenoxy) is 2. The molecule has 0 N–H and O–H groups in total. The SMILES string of the molecule is CCOC(=O)CSc1nc2ccsc2c(=O)n1Cc1ccc(OC)cc1. The summed E-state index contributed by atoms with van der Waals surface area (Å²) in [6.45, 7) is 2.46. The average molecular weight is 390 g/mol. The van der Waals surface area contributed by atoms with Crippen LogP contribution in [0, 0.1) is 0 Å². The van der Waals surface area contributed by atoms with E-state index in [0.717, 1.165) is 11.3 Å². The van der Waals surface area contributed by atoms with Crippen molar-refractivity contribution in [2.75, 3.05) is 19.5 Å². The molecule has 0 bridgehead atoms. The molecule has 1 aromatic carbocycles. The Bertz CT molecular complexity index is 963. The van der Waals surface area contributed by atoms with Gasteiger partial charge in [-0.3, -0.25) is 14.2 Å². The van der Waals surface area contributed by atoms with Crippen molar-refractivity contribution < 1.29 is 14.3 Å². The molecule has 2 heterocycles. The minimum Gasteiger partial charge on any atom is -0.497 e. The maximum absolute atomic E-state index is 12.9. The molecule has 0 radical (unpaired) electrons. The summed E-state index contributed by atoms with van der Waals surface area (Å²) in [5.74, 6) is 0.538. The van der Waals surface area contributed by atoms with Gasteiger partial charge >= 0.3 is 5.97 Å². The predicted molar refractivity (Wildman–Crippen MR) is 103 cm³/mol. The number of hydrogen-bond donors (Lipinski definition) is 0. The van der Waals surface area contributed by atoms with Gasteiger partial charge in [0.1, 0.15) is 10.4 Å². The molecule has 6 nitrogen and oxygen atoms in total. The van der Waals surface area contributed by atoms with E-state index in [9.17, 15) is 9.59 Å². The van der Waals surface area contributed by atoms with E-state index in [1.54, 1.807) is 18.6 Å². The number of fused-ring (bicyclic) bond motifs is 1. The number of rotatable bonds is 7. The lowest BCUT2D eigenvalue weighted by atomic mass is 10.2. The molecule has 8 heteroatoms.